The summed E-state index contributed by atoms with van der Waals surface area (Å²) in [5.74, 6) is -0.371. The van der Waals surface area contributed by atoms with Gasteiger partial charge >= 0.3 is 5.97 Å². The average Bonchev–Trinajstić information content (AvgIpc) is 3.18. The Morgan fingerprint density at radius 3 is 2.67 bits per heavy atom. The molecule has 0 aliphatic heterocycles. The molecular weight excluding hydrogens is 358 g/mol. The lowest BCUT2D eigenvalue weighted by Crippen LogP contribution is -2.22. The Morgan fingerprint density at radius 2 is 2.04 bits per heavy atom. The fourth-order valence-electron chi connectivity index (χ4n) is 3.87. The van der Waals surface area contributed by atoms with Gasteiger partial charge in [-0.3, -0.25) is 0 Å². The molecule has 1 aliphatic rings. The van der Waals surface area contributed by atoms with Crippen LogP contribution < -0.4 is 0 Å². The van der Waals surface area contributed by atoms with Crippen molar-refractivity contribution in [2.45, 2.75) is 64.7 Å². The van der Waals surface area contributed by atoms with Crippen LogP contribution in [0.25, 0.3) is 10.9 Å². The molecule has 0 saturated carbocycles. The van der Waals surface area contributed by atoms with Crippen LogP contribution in [0.15, 0.2) is 12.1 Å². The number of rotatable bonds is 7. The number of hydrogen-bond acceptors (Lipinski definition) is 4. The van der Waals surface area contributed by atoms with Crippen LogP contribution >= 0.6 is 0 Å². The maximum absolute atomic E-state index is 12.1. The van der Waals surface area contributed by atoms with Crippen molar-refractivity contribution >= 4 is 24.9 Å². The zero-order valence-electron chi connectivity index (χ0n) is 17.1. The number of aliphatic hydroxyl groups is 1. The second-order valence-electron chi connectivity index (χ2n) is 8.68. The predicted octanol–water partition coefficient (Wildman–Crippen LogP) is 4.28. The van der Waals surface area contributed by atoms with E-state index in [2.05, 4.69) is 24.2 Å². The van der Waals surface area contributed by atoms with Crippen molar-refractivity contribution in [3.63, 3.8) is 0 Å². The van der Waals surface area contributed by atoms with Gasteiger partial charge in [-0.2, -0.15) is 0 Å². The van der Waals surface area contributed by atoms with E-state index >= 15 is 0 Å². The van der Waals surface area contributed by atoms with Crippen molar-refractivity contribution in [1.29, 1.82) is 0 Å². The van der Waals surface area contributed by atoms with E-state index in [-0.39, 0.29) is 5.97 Å². The molecule has 1 N–H and O–H groups in total. The summed E-state index contributed by atoms with van der Waals surface area (Å²) in [6.45, 7) is 10.0. The van der Waals surface area contributed by atoms with Gasteiger partial charge in [0.2, 0.25) is 0 Å². The van der Waals surface area contributed by atoms with Gasteiger partial charge in [-0.05, 0) is 49.9 Å². The number of aromatic nitrogens is 1. The van der Waals surface area contributed by atoms with Crippen LogP contribution in [-0.2, 0) is 29.0 Å². The van der Waals surface area contributed by atoms with Gasteiger partial charge in [-0.25, -0.2) is 4.79 Å². The maximum atomic E-state index is 12.1. The molecule has 0 amide bonds. The van der Waals surface area contributed by atoms with Crippen molar-refractivity contribution in [2.24, 2.45) is 0 Å². The van der Waals surface area contributed by atoms with E-state index in [0.717, 1.165) is 48.4 Å². The van der Waals surface area contributed by atoms with Gasteiger partial charge < -0.3 is 19.1 Å². The largest absolute Gasteiger partial charge is 0.465 e. The highest BCUT2D eigenvalue weighted by Gasteiger charge is 2.26. The summed E-state index contributed by atoms with van der Waals surface area (Å²) in [7, 11) is 0.253. The Bertz CT molecular complexity index is 848. The molecule has 2 aromatic rings. The Balaban J connectivity index is 2.04. The number of aliphatic hydroxyl groups excluding tert-OH is 1. The fourth-order valence-corrected chi connectivity index (χ4v) is 4.63. The van der Waals surface area contributed by atoms with Crippen molar-refractivity contribution < 1.29 is 19.4 Å². The summed E-state index contributed by atoms with van der Waals surface area (Å²) < 4.78 is 13.2. The summed E-state index contributed by atoms with van der Waals surface area (Å²) >= 11 is 0. The zero-order valence-corrected chi connectivity index (χ0v) is 18.1. The minimum absolute atomic E-state index is 0.371. The van der Waals surface area contributed by atoms with Gasteiger partial charge in [0.05, 0.1) is 24.3 Å². The maximum Gasteiger partial charge on any atom is 0.337 e. The lowest BCUT2D eigenvalue weighted by Gasteiger charge is -2.18. The summed E-state index contributed by atoms with van der Waals surface area (Å²) in [5, 5.41) is 11.4. The number of ether oxygens (including phenoxy) is 2. The summed E-state index contributed by atoms with van der Waals surface area (Å²) in [6, 6.07) is 4.80. The average molecular weight is 390 g/mol. The molecule has 5 nitrogen and oxygen atoms in total. The van der Waals surface area contributed by atoms with Crippen molar-refractivity contribution in [3.05, 3.63) is 34.5 Å². The standard InChI is InChI=1S/C21H31NO4Si/c1-14(23)17-11-15(21(24)25-2)12-18-16-7-6-8-19(16)22(20(17)18)13-26-9-10-27(3,4)5/h11-12,14,23H,6-10,13H2,1-5H3. The molecule has 0 bridgehead atoms. The molecule has 1 aromatic carbocycles. The molecule has 1 aromatic heterocycles. The molecule has 27 heavy (non-hydrogen) atoms. The SMILES string of the molecule is COC(=O)c1cc(C(C)O)c2c(c1)c1c(n2COCC[Si](C)(C)C)CCC1. The van der Waals surface area contributed by atoms with Gasteiger partial charge in [-0.15, -0.1) is 0 Å². The first kappa shape index (κ1) is 20.1. The van der Waals surface area contributed by atoms with Crippen LogP contribution in [0.3, 0.4) is 0 Å². The normalized spacial score (nSPS) is 15.2. The molecule has 0 spiro atoms. The monoisotopic (exact) mass is 389 g/mol. The predicted molar refractivity (Wildman–Crippen MR) is 110 cm³/mol. The number of fused-ring (bicyclic) bond motifs is 3. The molecule has 1 atom stereocenters. The van der Waals surface area contributed by atoms with Gasteiger partial charge in [0, 0.05) is 31.3 Å². The van der Waals surface area contributed by atoms with E-state index in [9.17, 15) is 9.90 Å². The fraction of sp³-hybridized carbons (Fsp3) is 0.571. The third kappa shape index (κ3) is 4.12. The summed E-state index contributed by atoms with van der Waals surface area (Å²) in [5.41, 5.74) is 4.81. The van der Waals surface area contributed by atoms with E-state index in [1.807, 2.05) is 6.07 Å². The number of benzene rings is 1. The molecule has 148 valence electrons. The molecule has 0 saturated heterocycles. The van der Waals surface area contributed by atoms with Gasteiger partial charge in [0.25, 0.3) is 0 Å². The smallest absolute Gasteiger partial charge is 0.337 e. The van der Waals surface area contributed by atoms with Crippen LogP contribution in [0.4, 0.5) is 0 Å². The zero-order chi connectivity index (χ0) is 19.8. The van der Waals surface area contributed by atoms with E-state index in [4.69, 9.17) is 9.47 Å². The Hall–Kier alpha value is -1.63. The Labute approximate surface area is 162 Å². The topological polar surface area (TPSA) is 60.7 Å². The molecular formula is C21H31NO4Si. The molecule has 1 unspecified atom stereocenters. The van der Waals surface area contributed by atoms with Crippen LogP contribution in [0.1, 0.15) is 46.6 Å². The number of aryl methyl sites for hydroxylation is 1. The number of esters is 1. The van der Waals surface area contributed by atoms with Crippen LogP contribution in [-0.4, -0.2) is 37.4 Å². The second kappa shape index (κ2) is 7.77. The lowest BCUT2D eigenvalue weighted by atomic mass is 10.0. The molecule has 1 aliphatic carbocycles. The first-order valence-corrected chi connectivity index (χ1v) is 13.5. The number of methoxy groups -OCH3 is 1. The highest BCUT2D eigenvalue weighted by molar-refractivity contribution is 6.76. The summed E-state index contributed by atoms with van der Waals surface area (Å²) in [6.07, 6.45) is 2.45. The molecule has 1 heterocycles. The van der Waals surface area contributed by atoms with Crippen molar-refractivity contribution in [2.75, 3.05) is 13.7 Å². The number of carbonyl (C=O) groups is 1. The van der Waals surface area contributed by atoms with E-state index in [1.54, 1.807) is 13.0 Å². The molecule has 0 fully saturated rings. The quantitative estimate of drug-likeness (QED) is 0.436. The van der Waals surface area contributed by atoms with E-state index in [0.29, 0.717) is 12.3 Å². The van der Waals surface area contributed by atoms with E-state index < -0.39 is 14.2 Å². The number of carbonyl (C=O) groups excluding carboxylic acids is 1. The van der Waals surface area contributed by atoms with Crippen molar-refractivity contribution in [1.82, 2.24) is 4.57 Å². The van der Waals surface area contributed by atoms with Crippen LogP contribution in [0, 0.1) is 0 Å². The van der Waals surface area contributed by atoms with Crippen LogP contribution in [0.2, 0.25) is 25.7 Å². The third-order valence-electron chi connectivity index (χ3n) is 5.34. The highest BCUT2D eigenvalue weighted by atomic mass is 28.3. The molecule has 6 heteroatoms. The second-order valence-corrected chi connectivity index (χ2v) is 14.3. The molecule has 3 rings (SSSR count). The van der Waals surface area contributed by atoms with Crippen molar-refractivity contribution in [3.8, 4) is 0 Å². The number of nitrogens with zero attached hydrogens (tertiary/aromatic N) is 1. The summed E-state index contributed by atoms with van der Waals surface area (Å²) in [4.78, 5) is 12.1. The van der Waals surface area contributed by atoms with Gasteiger partial charge in [0.15, 0.2) is 0 Å². The Morgan fingerprint density at radius 1 is 1.30 bits per heavy atom. The first-order valence-electron chi connectivity index (χ1n) is 9.75. The number of hydrogen-bond donors (Lipinski definition) is 1. The van der Waals surface area contributed by atoms with E-state index in [1.165, 1.54) is 18.4 Å². The van der Waals surface area contributed by atoms with Crippen LogP contribution in [0.5, 0.6) is 0 Å². The molecule has 0 radical (unpaired) electrons. The minimum Gasteiger partial charge on any atom is -0.465 e. The van der Waals surface area contributed by atoms with Gasteiger partial charge in [0.1, 0.15) is 6.73 Å². The minimum atomic E-state index is -1.13. The Kier molecular flexibility index (Phi) is 5.79. The first-order chi connectivity index (χ1) is 12.7. The lowest BCUT2D eigenvalue weighted by molar-refractivity contribution is 0.0600. The highest BCUT2D eigenvalue weighted by Crippen LogP contribution is 2.37. The van der Waals surface area contributed by atoms with Gasteiger partial charge in [-0.1, -0.05) is 19.6 Å². The third-order valence-corrected chi connectivity index (χ3v) is 7.04.